The largest absolute Gasteiger partial charge is 0.329 e. The molecule has 0 aromatic carbocycles. The monoisotopic (exact) mass is 304 g/mol. The molecule has 0 bridgehead atoms. The number of aromatic amines is 1. The maximum Gasteiger partial charge on any atom is 0.329 e. The standard InChI is InChI=1S/C14H16N4O2S/c1-3-4-8-18-10(7-5-6-9-21)15-12-11(18)13(19)16-14(20)17(12)2/h5,7,21H,6,8-9H2,1-2H3,(H,16,19,20). The van der Waals surface area contributed by atoms with Crippen molar-refractivity contribution in [1.82, 2.24) is 19.1 Å². The summed E-state index contributed by atoms with van der Waals surface area (Å²) in [5, 5.41) is 0. The molecule has 0 spiro atoms. The Balaban J connectivity index is 2.74. The van der Waals surface area contributed by atoms with E-state index in [-0.39, 0.29) is 0 Å². The number of aromatic nitrogens is 4. The van der Waals surface area contributed by atoms with E-state index in [9.17, 15) is 9.59 Å². The number of nitrogens with one attached hydrogen (secondary N) is 1. The van der Waals surface area contributed by atoms with E-state index in [0.29, 0.717) is 23.5 Å². The Hall–Kier alpha value is -2.20. The van der Waals surface area contributed by atoms with Gasteiger partial charge in [-0.2, -0.15) is 12.6 Å². The molecule has 0 atom stereocenters. The zero-order valence-corrected chi connectivity index (χ0v) is 12.8. The molecule has 2 aromatic heterocycles. The molecule has 0 aliphatic rings. The summed E-state index contributed by atoms with van der Waals surface area (Å²) in [6.07, 6.45) is 4.54. The Morgan fingerprint density at radius 1 is 1.43 bits per heavy atom. The molecule has 1 N–H and O–H groups in total. The number of H-pyrrole nitrogens is 1. The molecular weight excluding hydrogens is 288 g/mol. The summed E-state index contributed by atoms with van der Waals surface area (Å²) >= 11 is 4.14. The molecule has 2 heterocycles. The van der Waals surface area contributed by atoms with Crippen LogP contribution in [0.2, 0.25) is 0 Å². The molecule has 6 nitrogen and oxygen atoms in total. The van der Waals surface area contributed by atoms with Gasteiger partial charge in [-0.25, -0.2) is 9.78 Å². The van der Waals surface area contributed by atoms with Gasteiger partial charge in [-0.05, 0) is 25.2 Å². The summed E-state index contributed by atoms with van der Waals surface area (Å²) in [7, 11) is 1.57. The van der Waals surface area contributed by atoms with Crippen molar-refractivity contribution in [1.29, 1.82) is 0 Å². The van der Waals surface area contributed by atoms with Crippen molar-refractivity contribution < 1.29 is 0 Å². The topological polar surface area (TPSA) is 72.7 Å². The summed E-state index contributed by atoms with van der Waals surface area (Å²) < 4.78 is 3.03. The number of imidazole rings is 1. The minimum Gasteiger partial charge on any atom is -0.307 e. The molecule has 0 saturated heterocycles. The van der Waals surface area contributed by atoms with E-state index in [1.165, 1.54) is 4.57 Å². The van der Waals surface area contributed by atoms with Gasteiger partial charge < -0.3 is 4.57 Å². The van der Waals surface area contributed by atoms with Crippen molar-refractivity contribution in [3.8, 4) is 11.8 Å². The van der Waals surface area contributed by atoms with Gasteiger partial charge in [-0.3, -0.25) is 14.3 Å². The first-order chi connectivity index (χ1) is 10.1. The first-order valence-electron chi connectivity index (χ1n) is 6.46. The quantitative estimate of drug-likeness (QED) is 0.647. The van der Waals surface area contributed by atoms with Crippen LogP contribution in [0.3, 0.4) is 0 Å². The van der Waals surface area contributed by atoms with E-state index >= 15 is 0 Å². The maximum atomic E-state index is 12.1. The second kappa shape index (κ2) is 6.50. The van der Waals surface area contributed by atoms with Crippen LogP contribution < -0.4 is 11.2 Å². The Bertz CT molecular complexity index is 861. The van der Waals surface area contributed by atoms with E-state index in [1.807, 2.05) is 12.2 Å². The summed E-state index contributed by atoms with van der Waals surface area (Å²) in [5.41, 5.74) is -0.227. The van der Waals surface area contributed by atoms with Gasteiger partial charge in [0.05, 0.1) is 6.54 Å². The van der Waals surface area contributed by atoms with Gasteiger partial charge >= 0.3 is 5.69 Å². The zero-order valence-electron chi connectivity index (χ0n) is 11.9. The van der Waals surface area contributed by atoms with Crippen LogP contribution in [-0.2, 0) is 13.6 Å². The molecule has 21 heavy (non-hydrogen) atoms. The summed E-state index contributed by atoms with van der Waals surface area (Å²) in [6.45, 7) is 2.07. The van der Waals surface area contributed by atoms with Crippen LogP contribution in [0.5, 0.6) is 0 Å². The number of fused-ring (bicyclic) bond motifs is 1. The average Bonchev–Trinajstić information content (AvgIpc) is 2.82. The van der Waals surface area contributed by atoms with Crippen LogP contribution in [0.25, 0.3) is 17.2 Å². The lowest BCUT2D eigenvalue weighted by Crippen LogP contribution is -2.29. The molecule has 0 unspecified atom stereocenters. The highest BCUT2D eigenvalue weighted by Gasteiger charge is 2.14. The molecule has 7 heteroatoms. The van der Waals surface area contributed by atoms with E-state index in [2.05, 4.69) is 34.4 Å². The third kappa shape index (κ3) is 2.95. The molecule has 2 aromatic rings. The average molecular weight is 304 g/mol. The lowest BCUT2D eigenvalue weighted by molar-refractivity contribution is 0.821. The number of hydrogen-bond acceptors (Lipinski definition) is 4. The minimum absolute atomic E-state index is 0.342. The fraction of sp³-hybridized carbons (Fsp3) is 0.357. The second-order valence-corrected chi connectivity index (χ2v) is 4.84. The van der Waals surface area contributed by atoms with E-state index < -0.39 is 11.2 Å². The lowest BCUT2D eigenvalue weighted by atomic mass is 10.4. The molecule has 0 amide bonds. The van der Waals surface area contributed by atoms with E-state index in [0.717, 1.165) is 12.2 Å². The van der Waals surface area contributed by atoms with Gasteiger partial charge in [-0.1, -0.05) is 12.0 Å². The van der Waals surface area contributed by atoms with Crippen molar-refractivity contribution in [3.05, 3.63) is 32.7 Å². The Labute approximate surface area is 126 Å². The normalized spacial score (nSPS) is 11.0. The fourth-order valence-corrected chi connectivity index (χ4v) is 2.11. The van der Waals surface area contributed by atoms with E-state index in [1.54, 1.807) is 18.5 Å². The summed E-state index contributed by atoms with van der Waals surface area (Å²) in [5.74, 6) is 7.04. The van der Waals surface area contributed by atoms with Crippen LogP contribution in [0.15, 0.2) is 15.7 Å². The predicted molar refractivity (Wildman–Crippen MR) is 86.5 cm³/mol. The number of thiol groups is 1. The number of hydrogen-bond donors (Lipinski definition) is 2. The first kappa shape index (κ1) is 15.2. The minimum atomic E-state index is -0.482. The first-order valence-corrected chi connectivity index (χ1v) is 7.10. The zero-order chi connectivity index (χ0) is 15.4. The van der Waals surface area contributed by atoms with Crippen molar-refractivity contribution in [2.45, 2.75) is 19.9 Å². The molecule has 2 rings (SSSR count). The van der Waals surface area contributed by atoms with Crippen LogP contribution in [-0.4, -0.2) is 24.9 Å². The molecule has 0 saturated carbocycles. The molecule has 0 fully saturated rings. The van der Waals surface area contributed by atoms with Gasteiger partial charge in [-0.15, -0.1) is 5.92 Å². The van der Waals surface area contributed by atoms with Gasteiger partial charge in [0.15, 0.2) is 11.2 Å². The van der Waals surface area contributed by atoms with Crippen LogP contribution in [0.4, 0.5) is 0 Å². The number of rotatable bonds is 4. The van der Waals surface area contributed by atoms with Crippen molar-refractivity contribution in [3.63, 3.8) is 0 Å². The van der Waals surface area contributed by atoms with Crippen LogP contribution >= 0.6 is 12.6 Å². The third-order valence-corrected chi connectivity index (χ3v) is 3.27. The molecular formula is C14H16N4O2S. The fourth-order valence-electron chi connectivity index (χ4n) is 1.96. The molecule has 0 radical (unpaired) electrons. The Kier molecular flexibility index (Phi) is 4.70. The predicted octanol–water partition coefficient (Wildman–Crippen LogP) is 0.780. The molecule has 0 aliphatic heterocycles. The molecule has 0 aliphatic carbocycles. The highest BCUT2D eigenvalue weighted by atomic mass is 32.1. The third-order valence-electron chi connectivity index (χ3n) is 3.01. The Morgan fingerprint density at radius 3 is 2.86 bits per heavy atom. The second-order valence-electron chi connectivity index (χ2n) is 4.39. The van der Waals surface area contributed by atoms with Gasteiger partial charge in [0.25, 0.3) is 5.56 Å². The van der Waals surface area contributed by atoms with Gasteiger partial charge in [0.2, 0.25) is 0 Å². The van der Waals surface area contributed by atoms with Crippen molar-refractivity contribution in [2.75, 3.05) is 5.75 Å². The maximum absolute atomic E-state index is 12.1. The number of aryl methyl sites for hydroxylation is 1. The highest BCUT2D eigenvalue weighted by Crippen LogP contribution is 2.12. The van der Waals surface area contributed by atoms with Gasteiger partial charge in [0.1, 0.15) is 5.82 Å². The van der Waals surface area contributed by atoms with E-state index in [4.69, 9.17) is 0 Å². The van der Waals surface area contributed by atoms with Gasteiger partial charge in [0, 0.05) is 7.05 Å². The van der Waals surface area contributed by atoms with Crippen molar-refractivity contribution in [2.24, 2.45) is 7.05 Å². The van der Waals surface area contributed by atoms with Crippen LogP contribution in [0, 0.1) is 11.8 Å². The lowest BCUT2D eigenvalue weighted by Gasteiger charge is -2.01. The summed E-state index contributed by atoms with van der Waals surface area (Å²) in [4.78, 5) is 30.4. The summed E-state index contributed by atoms with van der Waals surface area (Å²) in [6, 6.07) is 0. The van der Waals surface area contributed by atoms with Crippen molar-refractivity contribution >= 4 is 29.9 Å². The smallest absolute Gasteiger partial charge is 0.307 e. The number of nitrogens with zero attached hydrogens (tertiary/aromatic N) is 3. The SMILES string of the molecule is CC#CCn1c(C=CCCS)nc2c1c(=O)[nH]c(=O)n2C. The molecule has 110 valence electrons. The van der Waals surface area contributed by atoms with Crippen LogP contribution in [0.1, 0.15) is 19.2 Å². The Morgan fingerprint density at radius 2 is 2.19 bits per heavy atom. The highest BCUT2D eigenvalue weighted by molar-refractivity contribution is 7.80. The number of allylic oxidation sites excluding steroid dienone is 1.